The number of rotatable bonds is 3. The number of fused-ring (bicyclic) bond motifs is 4. The number of hydrogen-bond donors (Lipinski definition) is 2. The SMILES string of the molecule is CNC(=O)C[C@]1(OC)/C=C/C[C@H](C)[C@@H](C)S(=O)(=O)NC(=O)c2ccc3c(c2)N(C[C@@H]2CC[C@H]21)C[C@@]1(CCCc2cc(Cl)ccc21)CO3. The van der Waals surface area contributed by atoms with Gasteiger partial charge in [-0.3, -0.25) is 9.59 Å². The predicted octanol–water partition coefficient (Wildman–Crippen LogP) is 5.40. The zero-order chi connectivity index (χ0) is 33.6. The van der Waals surface area contributed by atoms with Crippen LogP contribution in [0.25, 0.3) is 0 Å². The Balaban J connectivity index is 1.47. The van der Waals surface area contributed by atoms with E-state index in [4.69, 9.17) is 21.1 Å². The van der Waals surface area contributed by atoms with Crippen LogP contribution in [0.1, 0.15) is 73.9 Å². The van der Waals surface area contributed by atoms with E-state index in [1.54, 1.807) is 39.3 Å². The van der Waals surface area contributed by atoms with Crippen molar-refractivity contribution in [1.29, 1.82) is 0 Å². The zero-order valence-electron chi connectivity index (χ0n) is 27.7. The number of methoxy groups -OCH3 is 1. The number of aryl methyl sites for hydroxylation is 1. The second-order valence-corrected chi connectivity index (χ2v) is 16.5. The Morgan fingerprint density at radius 1 is 1.19 bits per heavy atom. The van der Waals surface area contributed by atoms with Crippen LogP contribution >= 0.6 is 11.6 Å². The van der Waals surface area contributed by atoms with E-state index in [9.17, 15) is 18.0 Å². The average molecular weight is 684 g/mol. The van der Waals surface area contributed by atoms with Gasteiger partial charge in [0.1, 0.15) is 5.75 Å². The molecule has 2 aliphatic heterocycles. The van der Waals surface area contributed by atoms with E-state index in [1.165, 1.54) is 11.1 Å². The molecule has 1 fully saturated rings. The van der Waals surface area contributed by atoms with Crippen molar-refractivity contribution in [1.82, 2.24) is 10.0 Å². The van der Waals surface area contributed by atoms with E-state index >= 15 is 0 Å². The van der Waals surface area contributed by atoms with Gasteiger partial charge in [0.15, 0.2) is 0 Å². The highest BCUT2D eigenvalue weighted by atomic mass is 35.5. The number of carbonyl (C=O) groups excluding carboxylic acids is 2. The van der Waals surface area contributed by atoms with Crippen molar-refractivity contribution in [3.05, 3.63) is 70.3 Å². The van der Waals surface area contributed by atoms with Gasteiger partial charge in [0.25, 0.3) is 5.91 Å². The third-order valence-corrected chi connectivity index (χ3v) is 13.5. The van der Waals surface area contributed by atoms with Crippen molar-refractivity contribution >= 4 is 39.1 Å². The number of amides is 2. The minimum atomic E-state index is -3.99. The quantitative estimate of drug-likeness (QED) is 0.417. The summed E-state index contributed by atoms with van der Waals surface area (Å²) in [5, 5.41) is 2.66. The normalized spacial score (nSPS) is 32.4. The van der Waals surface area contributed by atoms with Crippen molar-refractivity contribution in [2.45, 2.75) is 75.1 Å². The highest BCUT2D eigenvalue weighted by molar-refractivity contribution is 7.90. The number of allylic oxidation sites excluding steroid dienone is 1. The number of carbonyl (C=O) groups is 2. The molecule has 2 amide bonds. The molecule has 2 aliphatic carbocycles. The first-order valence-electron chi connectivity index (χ1n) is 16.7. The van der Waals surface area contributed by atoms with Crippen molar-refractivity contribution in [3.8, 4) is 5.75 Å². The maximum absolute atomic E-state index is 13.5. The lowest BCUT2D eigenvalue weighted by molar-refractivity contribution is -0.132. The Kier molecular flexibility index (Phi) is 9.41. The highest BCUT2D eigenvalue weighted by Crippen LogP contribution is 2.50. The van der Waals surface area contributed by atoms with Crippen molar-refractivity contribution in [2.75, 3.05) is 38.8 Å². The van der Waals surface area contributed by atoms with Gasteiger partial charge in [-0.05, 0) is 105 Å². The molecule has 0 unspecified atom stereocenters. The van der Waals surface area contributed by atoms with E-state index in [1.807, 2.05) is 25.1 Å². The van der Waals surface area contributed by atoms with Crippen molar-refractivity contribution < 1.29 is 27.5 Å². The lowest BCUT2D eigenvalue weighted by Crippen LogP contribution is -2.54. The number of benzene rings is 2. The van der Waals surface area contributed by atoms with Gasteiger partial charge in [-0.1, -0.05) is 36.7 Å². The van der Waals surface area contributed by atoms with Crippen LogP contribution < -0.4 is 19.7 Å². The summed E-state index contributed by atoms with van der Waals surface area (Å²) in [5.74, 6) is -0.156. The van der Waals surface area contributed by atoms with Gasteiger partial charge in [-0.15, -0.1) is 0 Å². The first-order valence-corrected chi connectivity index (χ1v) is 18.6. The van der Waals surface area contributed by atoms with E-state index in [-0.39, 0.29) is 41.1 Å². The fraction of sp³-hybridized carbons (Fsp3) is 0.556. The molecule has 6 atom stereocenters. The third-order valence-electron chi connectivity index (χ3n) is 11.3. The maximum Gasteiger partial charge on any atom is 0.264 e. The molecular formula is C36H46ClN3O6S. The summed E-state index contributed by atoms with van der Waals surface area (Å²) in [4.78, 5) is 28.7. The summed E-state index contributed by atoms with van der Waals surface area (Å²) in [5.41, 5.74) is 2.33. The van der Waals surface area contributed by atoms with Crippen LogP contribution in [0.3, 0.4) is 0 Å². The molecule has 254 valence electrons. The summed E-state index contributed by atoms with van der Waals surface area (Å²) in [6.45, 7) is 5.26. The van der Waals surface area contributed by atoms with Gasteiger partial charge in [-0.2, -0.15) is 0 Å². The zero-order valence-corrected chi connectivity index (χ0v) is 29.3. The summed E-state index contributed by atoms with van der Waals surface area (Å²) in [6, 6.07) is 11.3. The number of sulfonamides is 1. The molecular weight excluding hydrogens is 638 g/mol. The molecule has 11 heteroatoms. The molecule has 2 N–H and O–H groups in total. The first kappa shape index (κ1) is 33.8. The largest absolute Gasteiger partial charge is 0.490 e. The van der Waals surface area contributed by atoms with Gasteiger partial charge >= 0.3 is 0 Å². The van der Waals surface area contributed by atoms with Crippen LogP contribution in [-0.4, -0.2) is 64.9 Å². The monoisotopic (exact) mass is 683 g/mol. The van der Waals surface area contributed by atoms with E-state index in [0.29, 0.717) is 31.9 Å². The maximum atomic E-state index is 13.5. The highest BCUT2D eigenvalue weighted by Gasteiger charge is 2.50. The van der Waals surface area contributed by atoms with E-state index < -0.39 is 26.8 Å². The lowest BCUT2D eigenvalue weighted by Gasteiger charge is -2.50. The summed E-state index contributed by atoms with van der Waals surface area (Å²) >= 11 is 6.43. The number of nitrogens with zero attached hydrogens (tertiary/aromatic N) is 1. The Hall–Kier alpha value is -3.08. The van der Waals surface area contributed by atoms with Gasteiger partial charge in [0, 0.05) is 43.2 Å². The molecule has 2 heterocycles. The molecule has 47 heavy (non-hydrogen) atoms. The summed E-state index contributed by atoms with van der Waals surface area (Å²) in [6.07, 6.45) is 9.29. The molecule has 1 spiro atoms. The Bertz CT molecular complexity index is 1680. The number of anilines is 1. The van der Waals surface area contributed by atoms with Crippen LogP contribution in [0.5, 0.6) is 5.75 Å². The second kappa shape index (κ2) is 13.1. The molecule has 0 radical (unpaired) electrons. The van der Waals surface area contributed by atoms with Crippen LogP contribution in [-0.2, 0) is 31.4 Å². The molecule has 2 aromatic carbocycles. The summed E-state index contributed by atoms with van der Waals surface area (Å²) in [7, 11) is -0.695. The molecule has 0 aromatic heterocycles. The fourth-order valence-corrected chi connectivity index (χ4v) is 9.65. The van der Waals surface area contributed by atoms with Crippen LogP contribution in [0.4, 0.5) is 5.69 Å². The first-order chi connectivity index (χ1) is 22.4. The summed E-state index contributed by atoms with van der Waals surface area (Å²) < 4.78 is 42.0. The molecule has 0 saturated heterocycles. The average Bonchev–Trinajstić information content (AvgIpc) is 3.18. The Morgan fingerprint density at radius 3 is 2.72 bits per heavy atom. The fourth-order valence-electron chi connectivity index (χ4n) is 8.17. The minimum Gasteiger partial charge on any atom is -0.490 e. The number of ether oxygens (including phenoxy) is 2. The van der Waals surface area contributed by atoms with Gasteiger partial charge in [0.05, 0.1) is 29.6 Å². The number of nitrogens with one attached hydrogen (secondary N) is 2. The van der Waals surface area contributed by atoms with Crippen LogP contribution in [0.2, 0.25) is 5.02 Å². The lowest BCUT2D eigenvalue weighted by atomic mass is 9.62. The van der Waals surface area contributed by atoms with Gasteiger partial charge < -0.3 is 19.7 Å². The molecule has 6 rings (SSSR count). The van der Waals surface area contributed by atoms with Gasteiger partial charge in [-0.25, -0.2) is 13.1 Å². The molecule has 9 nitrogen and oxygen atoms in total. The molecule has 1 saturated carbocycles. The van der Waals surface area contributed by atoms with Crippen LogP contribution in [0.15, 0.2) is 48.6 Å². The predicted molar refractivity (Wildman–Crippen MR) is 184 cm³/mol. The third kappa shape index (κ3) is 6.41. The smallest absolute Gasteiger partial charge is 0.264 e. The molecule has 2 aromatic rings. The second-order valence-electron chi connectivity index (χ2n) is 14.0. The Morgan fingerprint density at radius 2 is 2.00 bits per heavy atom. The van der Waals surface area contributed by atoms with Gasteiger partial charge in [0.2, 0.25) is 15.9 Å². The standard InChI is InChI=1S/C36H46ClN3O6S/c1-23-7-5-16-36(45-4,19-33(41)38-3)30-12-9-27(30)20-40-21-35(15-6-8-25-17-28(37)11-13-29(25)35)22-46-32-14-10-26(18-31(32)40)34(42)39-47(43,44)24(23)2/h5,10-11,13-14,16-18,23-24,27,30H,6-9,12,15,19-22H2,1-4H3,(H,38,41)(H,39,42)/b16-5+/t23-,24+,27-,30+,35-,36+/m0/s1. The number of halogens is 1. The molecule has 4 aliphatic rings. The topological polar surface area (TPSA) is 114 Å². The van der Waals surface area contributed by atoms with E-state index in [0.717, 1.165) is 42.8 Å². The number of hydrogen-bond acceptors (Lipinski definition) is 7. The molecule has 2 bridgehead atoms. The van der Waals surface area contributed by atoms with Crippen molar-refractivity contribution in [2.24, 2.45) is 17.8 Å². The van der Waals surface area contributed by atoms with Crippen LogP contribution in [0, 0.1) is 17.8 Å². The minimum absolute atomic E-state index is 0.0536. The Labute approximate surface area is 283 Å². The van der Waals surface area contributed by atoms with Crippen molar-refractivity contribution in [3.63, 3.8) is 0 Å². The van der Waals surface area contributed by atoms with E-state index in [2.05, 4.69) is 27.1 Å².